The number of methoxy groups -OCH3 is 1. The van der Waals surface area contributed by atoms with E-state index in [9.17, 15) is 18.0 Å². The number of sulfonamides is 1. The molecule has 0 spiro atoms. The minimum absolute atomic E-state index is 0.0462. The highest BCUT2D eigenvalue weighted by molar-refractivity contribution is 7.89. The van der Waals surface area contributed by atoms with Gasteiger partial charge in [0.05, 0.1) is 17.7 Å². The molecule has 30 heavy (non-hydrogen) atoms. The highest BCUT2D eigenvalue weighted by Gasteiger charge is 2.22. The summed E-state index contributed by atoms with van der Waals surface area (Å²) in [6.07, 6.45) is 1.41. The number of nitrogens with one attached hydrogen (secondary N) is 1. The van der Waals surface area contributed by atoms with Gasteiger partial charge in [-0.2, -0.15) is 0 Å². The van der Waals surface area contributed by atoms with Gasteiger partial charge in [0.25, 0.3) is 5.91 Å². The zero-order valence-electron chi connectivity index (χ0n) is 17.2. The van der Waals surface area contributed by atoms with Crippen molar-refractivity contribution in [1.29, 1.82) is 0 Å². The summed E-state index contributed by atoms with van der Waals surface area (Å²) in [4.78, 5) is 26.5. The molecule has 1 N–H and O–H groups in total. The number of anilines is 1. The van der Waals surface area contributed by atoms with E-state index in [-0.39, 0.29) is 16.5 Å². The first-order valence-corrected chi connectivity index (χ1v) is 10.9. The number of hydrogen-bond acceptors (Lipinski definition) is 5. The molecule has 0 unspecified atom stereocenters. The lowest BCUT2D eigenvalue weighted by atomic mass is 10.1. The second-order valence-electron chi connectivity index (χ2n) is 7.22. The monoisotopic (exact) mass is 431 g/mol. The Hall–Kier alpha value is -2.91. The lowest BCUT2D eigenvalue weighted by molar-refractivity contribution is -0.128. The number of carbonyl (C=O) groups excluding carboxylic acids is 2. The minimum atomic E-state index is -3.66. The van der Waals surface area contributed by atoms with Crippen LogP contribution in [0.3, 0.4) is 0 Å². The molecule has 1 fully saturated rings. The van der Waals surface area contributed by atoms with E-state index >= 15 is 0 Å². The zero-order chi connectivity index (χ0) is 21.9. The number of amides is 2. The molecule has 8 nitrogen and oxygen atoms in total. The van der Waals surface area contributed by atoms with Gasteiger partial charge in [-0.3, -0.25) is 9.59 Å². The van der Waals surface area contributed by atoms with Crippen molar-refractivity contribution in [3.63, 3.8) is 0 Å². The van der Waals surface area contributed by atoms with Gasteiger partial charge < -0.3 is 15.0 Å². The second-order valence-corrected chi connectivity index (χ2v) is 9.37. The van der Waals surface area contributed by atoms with Crippen LogP contribution < -0.4 is 10.1 Å². The molecule has 1 aliphatic heterocycles. The predicted molar refractivity (Wildman–Crippen MR) is 113 cm³/mol. The van der Waals surface area contributed by atoms with Gasteiger partial charge >= 0.3 is 0 Å². The van der Waals surface area contributed by atoms with Crippen LogP contribution in [0.2, 0.25) is 0 Å². The van der Waals surface area contributed by atoms with E-state index in [0.29, 0.717) is 24.3 Å². The Labute approximate surface area is 176 Å². The van der Waals surface area contributed by atoms with Crippen LogP contribution in [0, 0.1) is 0 Å². The van der Waals surface area contributed by atoms with E-state index in [2.05, 4.69) is 5.32 Å². The summed E-state index contributed by atoms with van der Waals surface area (Å²) in [5.41, 5.74) is 1.52. The van der Waals surface area contributed by atoms with Gasteiger partial charge in [-0.05, 0) is 42.3 Å². The fraction of sp³-hybridized carbons (Fsp3) is 0.333. The summed E-state index contributed by atoms with van der Waals surface area (Å²) in [5, 5.41) is 2.73. The van der Waals surface area contributed by atoms with Crippen molar-refractivity contribution >= 4 is 27.5 Å². The normalized spacial score (nSPS) is 14.3. The molecular formula is C21H25N3O5S. The maximum Gasteiger partial charge on any atom is 0.255 e. The highest BCUT2D eigenvalue weighted by atomic mass is 32.2. The van der Waals surface area contributed by atoms with E-state index in [0.717, 1.165) is 22.8 Å². The summed E-state index contributed by atoms with van der Waals surface area (Å²) in [6.45, 7) is 1.18. The minimum Gasteiger partial charge on any atom is -0.495 e. The van der Waals surface area contributed by atoms with Gasteiger partial charge in [-0.1, -0.05) is 12.1 Å². The number of ether oxygens (including phenoxy) is 1. The third-order valence-corrected chi connectivity index (χ3v) is 6.74. The maximum atomic E-state index is 12.8. The third kappa shape index (κ3) is 4.63. The average Bonchev–Trinajstić information content (AvgIpc) is 3.12. The molecule has 2 amide bonds. The largest absolute Gasteiger partial charge is 0.495 e. The molecule has 160 valence electrons. The Morgan fingerprint density at radius 1 is 1.20 bits per heavy atom. The Morgan fingerprint density at radius 2 is 1.97 bits per heavy atom. The van der Waals surface area contributed by atoms with E-state index < -0.39 is 15.9 Å². The molecular weight excluding hydrogens is 406 g/mol. The fourth-order valence-corrected chi connectivity index (χ4v) is 4.18. The first kappa shape index (κ1) is 21.8. The average molecular weight is 432 g/mol. The van der Waals surface area contributed by atoms with Crippen molar-refractivity contribution < 1.29 is 22.7 Å². The molecule has 1 heterocycles. The van der Waals surface area contributed by atoms with Crippen LogP contribution in [0.4, 0.5) is 5.69 Å². The van der Waals surface area contributed by atoms with Crippen molar-refractivity contribution in [3.8, 4) is 5.75 Å². The SMILES string of the molecule is COc1ccc(S(=O)(=O)N(C)C)cc1NC(=O)c1cccc(CN2CCCC2=O)c1. The van der Waals surface area contributed by atoms with E-state index in [4.69, 9.17) is 4.74 Å². The predicted octanol–water partition coefficient (Wildman–Crippen LogP) is 2.32. The number of rotatable bonds is 7. The van der Waals surface area contributed by atoms with Crippen LogP contribution in [0.5, 0.6) is 5.75 Å². The van der Waals surface area contributed by atoms with Gasteiger partial charge in [0.15, 0.2) is 0 Å². The Kier molecular flexibility index (Phi) is 6.42. The molecule has 0 radical (unpaired) electrons. The summed E-state index contributed by atoms with van der Waals surface area (Å²) in [6, 6.07) is 11.3. The van der Waals surface area contributed by atoms with Gasteiger partial charge in [0, 0.05) is 39.2 Å². The topological polar surface area (TPSA) is 96.0 Å². The molecule has 2 aromatic carbocycles. The number of hydrogen-bond donors (Lipinski definition) is 1. The van der Waals surface area contributed by atoms with Crippen molar-refractivity contribution in [2.45, 2.75) is 24.3 Å². The van der Waals surface area contributed by atoms with E-state index in [1.807, 2.05) is 6.07 Å². The van der Waals surface area contributed by atoms with Gasteiger partial charge in [0.1, 0.15) is 5.75 Å². The number of likely N-dealkylation sites (tertiary alicyclic amines) is 1. The van der Waals surface area contributed by atoms with E-state index in [1.165, 1.54) is 39.4 Å². The lowest BCUT2D eigenvalue weighted by Gasteiger charge is -2.17. The van der Waals surface area contributed by atoms with Gasteiger partial charge in [0.2, 0.25) is 15.9 Å². The number of benzene rings is 2. The summed E-state index contributed by atoms with van der Waals surface area (Å²) in [5.74, 6) is 0.0654. The van der Waals surface area contributed by atoms with Crippen molar-refractivity contribution in [1.82, 2.24) is 9.21 Å². The lowest BCUT2D eigenvalue weighted by Crippen LogP contribution is -2.24. The van der Waals surface area contributed by atoms with Crippen LogP contribution in [0.15, 0.2) is 47.4 Å². The quantitative estimate of drug-likeness (QED) is 0.726. The Balaban J connectivity index is 1.83. The van der Waals surface area contributed by atoms with Crippen molar-refractivity contribution in [2.24, 2.45) is 0 Å². The Morgan fingerprint density at radius 3 is 2.60 bits per heavy atom. The Bertz CT molecular complexity index is 1070. The molecule has 1 saturated heterocycles. The number of nitrogens with zero attached hydrogens (tertiary/aromatic N) is 2. The van der Waals surface area contributed by atoms with Crippen LogP contribution in [0.1, 0.15) is 28.8 Å². The molecule has 0 aromatic heterocycles. The van der Waals surface area contributed by atoms with E-state index in [1.54, 1.807) is 23.1 Å². The molecule has 0 bridgehead atoms. The fourth-order valence-electron chi connectivity index (χ4n) is 3.25. The molecule has 0 saturated carbocycles. The molecule has 0 atom stereocenters. The summed E-state index contributed by atoms with van der Waals surface area (Å²) in [7, 11) is 0.660. The first-order chi connectivity index (χ1) is 14.2. The molecule has 1 aliphatic rings. The summed E-state index contributed by atoms with van der Waals surface area (Å²) < 4.78 is 31.2. The van der Waals surface area contributed by atoms with Gasteiger partial charge in [-0.15, -0.1) is 0 Å². The summed E-state index contributed by atoms with van der Waals surface area (Å²) >= 11 is 0. The highest BCUT2D eigenvalue weighted by Crippen LogP contribution is 2.29. The van der Waals surface area contributed by atoms with Crippen LogP contribution >= 0.6 is 0 Å². The molecule has 9 heteroatoms. The van der Waals surface area contributed by atoms with Crippen LogP contribution in [0.25, 0.3) is 0 Å². The van der Waals surface area contributed by atoms with Crippen molar-refractivity contribution in [2.75, 3.05) is 33.1 Å². The molecule has 2 aromatic rings. The second kappa shape index (κ2) is 8.85. The first-order valence-electron chi connectivity index (χ1n) is 9.51. The van der Waals surface area contributed by atoms with Crippen LogP contribution in [-0.4, -0.2) is 57.2 Å². The number of carbonyl (C=O) groups is 2. The maximum absolute atomic E-state index is 12.8. The third-order valence-electron chi connectivity index (χ3n) is 4.93. The van der Waals surface area contributed by atoms with Gasteiger partial charge in [-0.25, -0.2) is 12.7 Å². The van der Waals surface area contributed by atoms with Crippen molar-refractivity contribution in [3.05, 3.63) is 53.6 Å². The smallest absolute Gasteiger partial charge is 0.255 e. The van der Waals surface area contributed by atoms with Crippen LogP contribution in [-0.2, 0) is 21.4 Å². The molecule has 3 rings (SSSR count). The zero-order valence-corrected chi connectivity index (χ0v) is 18.0. The standard InChI is InChI=1S/C21H25N3O5S/c1-23(2)30(27,28)17-9-10-19(29-3)18(13-17)22-21(26)16-7-4-6-15(12-16)14-24-11-5-8-20(24)25/h4,6-7,9-10,12-13H,5,8,11,14H2,1-3H3,(H,22,26). The molecule has 0 aliphatic carbocycles.